The number of likely N-dealkylation sites (tertiary alicyclic amines) is 1. The predicted molar refractivity (Wildman–Crippen MR) is 86.5 cm³/mol. The summed E-state index contributed by atoms with van der Waals surface area (Å²) >= 11 is 0. The monoisotopic (exact) mass is 310 g/mol. The van der Waals surface area contributed by atoms with Gasteiger partial charge in [0.25, 0.3) is 0 Å². The third-order valence-corrected chi connectivity index (χ3v) is 4.55. The van der Waals surface area contributed by atoms with E-state index in [9.17, 15) is 9.59 Å². The van der Waals surface area contributed by atoms with Crippen molar-refractivity contribution in [2.75, 3.05) is 52.4 Å². The summed E-state index contributed by atoms with van der Waals surface area (Å²) in [4.78, 5) is 28.5. The number of piperidine rings is 1. The van der Waals surface area contributed by atoms with E-state index in [1.807, 2.05) is 11.8 Å². The summed E-state index contributed by atoms with van der Waals surface area (Å²) < 4.78 is 0. The molecular formula is C16H30N4O2. The fraction of sp³-hybridized carbons (Fsp3) is 0.875. The van der Waals surface area contributed by atoms with Gasteiger partial charge in [0.2, 0.25) is 11.8 Å². The van der Waals surface area contributed by atoms with E-state index in [2.05, 4.69) is 15.5 Å². The van der Waals surface area contributed by atoms with E-state index in [1.165, 1.54) is 0 Å². The minimum atomic E-state index is -0.0300. The van der Waals surface area contributed by atoms with Gasteiger partial charge in [0.1, 0.15) is 0 Å². The van der Waals surface area contributed by atoms with E-state index >= 15 is 0 Å². The third-order valence-electron chi connectivity index (χ3n) is 4.55. The van der Waals surface area contributed by atoms with Crippen molar-refractivity contribution < 1.29 is 9.59 Å². The Hall–Kier alpha value is -1.14. The molecule has 0 aliphatic carbocycles. The van der Waals surface area contributed by atoms with Crippen molar-refractivity contribution in [3.8, 4) is 0 Å². The van der Waals surface area contributed by atoms with Crippen molar-refractivity contribution >= 4 is 11.8 Å². The van der Waals surface area contributed by atoms with Crippen LogP contribution in [0.25, 0.3) is 0 Å². The second kappa shape index (κ2) is 9.10. The Bertz CT molecular complexity index is 369. The molecule has 0 aromatic carbocycles. The van der Waals surface area contributed by atoms with Gasteiger partial charge in [-0.15, -0.1) is 0 Å². The molecule has 126 valence electrons. The minimum absolute atomic E-state index is 0.0300. The van der Waals surface area contributed by atoms with E-state index in [0.29, 0.717) is 19.5 Å². The lowest BCUT2D eigenvalue weighted by atomic mass is 9.96. The number of hydrogen-bond acceptors (Lipinski definition) is 4. The molecule has 1 atom stereocenters. The Morgan fingerprint density at radius 1 is 1.23 bits per heavy atom. The zero-order valence-electron chi connectivity index (χ0n) is 13.8. The van der Waals surface area contributed by atoms with Crippen molar-refractivity contribution in [3.05, 3.63) is 0 Å². The summed E-state index contributed by atoms with van der Waals surface area (Å²) in [6, 6.07) is 0. The predicted octanol–water partition coefficient (Wildman–Crippen LogP) is 0.0465. The maximum atomic E-state index is 12.3. The normalized spacial score (nSPS) is 23.3. The lowest BCUT2D eigenvalue weighted by Crippen LogP contribution is -2.48. The van der Waals surface area contributed by atoms with Crippen LogP contribution in [0.15, 0.2) is 0 Å². The van der Waals surface area contributed by atoms with Gasteiger partial charge >= 0.3 is 0 Å². The van der Waals surface area contributed by atoms with E-state index in [0.717, 1.165) is 58.5 Å². The van der Waals surface area contributed by atoms with Gasteiger partial charge in [0.15, 0.2) is 0 Å². The highest BCUT2D eigenvalue weighted by Gasteiger charge is 2.27. The quantitative estimate of drug-likeness (QED) is 0.727. The fourth-order valence-corrected chi connectivity index (χ4v) is 3.21. The van der Waals surface area contributed by atoms with Gasteiger partial charge in [-0.05, 0) is 19.3 Å². The summed E-state index contributed by atoms with van der Waals surface area (Å²) in [7, 11) is 0. The number of carbonyl (C=O) groups excluding carboxylic acids is 2. The molecule has 1 unspecified atom stereocenters. The number of carbonyl (C=O) groups is 2. The van der Waals surface area contributed by atoms with Gasteiger partial charge < -0.3 is 15.5 Å². The van der Waals surface area contributed by atoms with Crippen LogP contribution in [0.1, 0.15) is 32.6 Å². The summed E-state index contributed by atoms with van der Waals surface area (Å²) in [6.07, 6.45) is 3.30. The maximum Gasteiger partial charge on any atom is 0.224 e. The Labute approximate surface area is 133 Å². The van der Waals surface area contributed by atoms with Crippen LogP contribution in [0.3, 0.4) is 0 Å². The molecule has 2 fully saturated rings. The van der Waals surface area contributed by atoms with Crippen LogP contribution < -0.4 is 10.6 Å². The summed E-state index contributed by atoms with van der Waals surface area (Å²) in [5.74, 6) is 0.280. The minimum Gasteiger partial charge on any atom is -0.355 e. The van der Waals surface area contributed by atoms with Crippen molar-refractivity contribution in [1.82, 2.24) is 20.4 Å². The summed E-state index contributed by atoms with van der Waals surface area (Å²) in [5.41, 5.74) is 0. The van der Waals surface area contributed by atoms with Crippen LogP contribution in [-0.4, -0.2) is 74.0 Å². The van der Waals surface area contributed by atoms with Gasteiger partial charge in [0, 0.05) is 58.8 Å². The molecule has 0 aromatic heterocycles. The van der Waals surface area contributed by atoms with E-state index < -0.39 is 0 Å². The molecule has 0 saturated carbocycles. The zero-order chi connectivity index (χ0) is 15.8. The molecule has 2 aliphatic heterocycles. The first-order valence-corrected chi connectivity index (χ1v) is 8.69. The van der Waals surface area contributed by atoms with Crippen LogP contribution >= 0.6 is 0 Å². The van der Waals surface area contributed by atoms with Crippen LogP contribution in [0.5, 0.6) is 0 Å². The largest absolute Gasteiger partial charge is 0.355 e. The Kier molecular flexibility index (Phi) is 7.12. The third kappa shape index (κ3) is 5.25. The lowest BCUT2D eigenvalue weighted by Gasteiger charge is -2.32. The average molecular weight is 310 g/mol. The van der Waals surface area contributed by atoms with Gasteiger partial charge in [-0.1, -0.05) is 6.92 Å². The molecule has 2 rings (SSSR count). The SMILES string of the molecule is CCCC(=O)N1CCCC(C(=O)NCCN2CCNCC2)C1. The molecular weight excluding hydrogens is 280 g/mol. The Morgan fingerprint density at radius 3 is 2.73 bits per heavy atom. The van der Waals surface area contributed by atoms with Gasteiger partial charge in [-0.3, -0.25) is 14.5 Å². The van der Waals surface area contributed by atoms with Crippen molar-refractivity contribution in [3.63, 3.8) is 0 Å². The van der Waals surface area contributed by atoms with Gasteiger partial charge in [0.05, 0.1) is 5.92 Å². The van der Waals surface area contributed by atoms with E-state index in [-0.39, 0.29) is 17.7 Å². The maximum absolute atomic E-state index is 12.3. The average Bonchev–Trinajstić information content (AvgIpc) is 2.56. The molecule has 2 saturated heterocycles. The number of rotatable bonds is 6. The smallest absolute Gasteiger partial charge is 0.224 e. The molecule has 0 spiro atoms. The first-order valence-electron chi connectivity index (χ1n) is 8.69. The Balaban J connectivity index is 1.68. The molecule has 6 nitrogen and oxygen atoms in total. The highest BCUT2D eigenvalue weighted by Crippen LogP contribution is 2.17. The Morgan fingerprint density at radius 2 is 2.00 bits per heavy atom. The lowest BCUT2D eigenvalue weighted by molar-refractivity contribution is -0.135. The van der Waals surface area contributed by atoms with Gasteiger partial charge in [-0.25, -0.2) is 0 Å². The standard InChI is InChI=1S/C16H30N4O2/c1-2-4-15(21)20-9-3-5-14(13-20)16(22)18-8-12-19-10-6-17-7-11-19/h14,17H,2-13H2,1H3,(H,18,22). The molecule has 2 N–H and O–H groups in total. The molecule has 2 heterocycles. The molecule has 0 aromatic rings. The first-order chi connectivity index (χ1) is 10.7. The van der Waals surface area contributed by atoms with Crippen molar-refractivity contribution in [2.45, 2.75) is 32.6 Å². The van der Waals surface area contributed by atoms with E-state index in [1.54, 1.807) is 0 Å². The van der Waals surface area contributed by atoms with Crippen molar-refractivity contribution in [2.24, 2.45) is 5.92 Å². The van der Waals surface area contributed by atoms with E-state index in [4.69, 9.17) is 0 Å². The fourth-order valence-electron chi connectivity index (χ4n) is 3.21. The second-order valence-electron chi connectivity index (χ2n) is 6.31. The number of nitrogens with zero attached hydrogens (tertiary/aromatic N) is 2. The van der Waals surface area contributed by atoms with Crippen LogP contribution in [-0.2, 0) is 9.59 Å². The molecule has 6 heteroatoms. The molecule has 0 radical (unpaired) electrons. The van der Waals surface area contributed by atoms with Gasteiger partial charge in [-0.2, -0.15) is 0 Å². The first kappa shape index (κ1) is 17.2. The zero-order valence-corrected chi connectivity index (χ0v) is 13.8. The second-order valence-corrected chi connectivity index (χ2v) is 6.31. The van der Waals surface area contributed by atoms with Crippen molar-refractivity contribution in [1.29, 1.82) is 0 Å². The summed E-state index contributed by atoms with van der Waals surface area (Å²) in [5, 5.41) is 6.38. The topological polar surface area (TPSA) is 64.7 Å². The number of nitrogens with one attached hydrogen (secondary N) is 2. The number of hydrogen-bond donors (Lipinski definition) is 2. The molecule has 0 bridgehead atoms. The summed E-state index contributed by atoms with van der Waals surface area (Å²) in [6.45, 7) is 9.22. The van der Waals surface area contributed by atoms with Crippen LogP contribution in [0.4, 0.5) is 0 Å². The number of piperazine rings is 1. The molecule has 2 amide bonds. The highest BCUT2D eigenvalue weighted by atomic mass is 16.2. The highest BCUT2D eigenvalue weighted by molar-refractivity contribution is 5.81. The van der Waals surface area contributed by atoms with Crippen LogP contribution in [0.2, 0.25) is 0 Å². The van der Waals surface area contributed by atoms with Crippen LogP contribution in [0, 0.1) is 5.92 Å². The molecule has 22 heavy (non-hydrogen) atoms. The molecule has 2 aliphatic rings. The number of amides is 2.